The van der Waals surface area contributed by atoms with Crippen molar-refractivity contribution in [1.29, 1.82) is 0 Å². The summed E-state index contributed by atoms with van der Waals surface area (Å²) < 4.78 is 11.0. The number of nitrogens with one attached hydrogen (secondary N) is 1. The molecule has 1 N–H and O–H groups in total. The molecule has 1 saturated heterocycles. The normalized spacial score (nSPS) is 20.4. The molecule has 1 unspecified atom stereocenters. The van der Waals surface area contributed by atoms with Crippen LogP contribution in [0, 0.1) is 12.8 Å². The molecule has 2 aromatic heterocycles. The molecule has 1 atom stereocenters. The molecule has 3 heterocycles. The number of anilines is 1. The van der Waals surface area contributed by atoms with Crippen molar-refractivity contribution in [2.45, 2.75) is 38.6 Å². The Hall–Kier alpha value is -2.55. The number of ether oxygens (including phenoxy) is 2. The van der Waals surface area contributed by atoms with Crippen molar-refractivity contribution in [2.24, 2.45) is 5.92 Å². The van der Waals surface area contributed by atoms with E-state index in [2.05, 4.69) is 44.5 Å². The average molecular weight is 466 g/mol. The molecule has 1 aliphatic heterocycles. The molecule has 1 saturated carbocycles. The summed E-state index contributed by atoms with van der Waals surface area (Å²) in [5.41, 5.74) is 2.89. The van der Waals surface area contributed by atoms with Gasteiger partial charge in [-0.2, -0.15) is 0 Å². The van der Waals surface area contributed by atoms with Gasteiger partial charge in [-0.15, -0.1) is 21.5 Å². The number of aryl methyl sites for hydroxylation is 1. The van der Waals surface area contributed by atoms with Gasteiger partial charge in [-0.25, -0.2) is 4.98 Å². The summed E-state index contributed by atoms with van der Waals surface area (Å²) in [5.74, 6) is 2.53. The number of hydrogen-bond acceptors (Lipinski definition) is 8. The van der Waals surface area contributed by atoms with Crippen LogP contribution in [0.4, 0.5) is 5.82 Å². The van der Waals surface area contributed by atoms with E-state index in [1.807, 2.05) is 31.3 Å². The largest absolute Gasteiger partial charge is 0.467 e. The van der Waals surface area contributed by atoms with Crippen molar-refractivity contribution < 1.29 is 9.47 Å². The lowest BCUT2D eigenvalue weighted by atomic mass is 10.0. The van der Waals surface area contributed by atoms with Crippen molar-refractivity contribution in [3.05, 3.63) is 41.5 Å². The molecule has 0 radical (unpaired) electrons. The lowest BCUT2D eigenvalue weighted by Crippen LogP contribution is -2.45. The summed E-state index contributed by atoms with van der Waals surface area (Å²) >= 11 is 1.66. The van der Waals surface area contributed by atoms with Crippen molar-refractivity contribution in [3.8, 4) is 27.4 Å². The van der Waals surface area contributed by atoms with Gasteiger partial charge in [0.15, 0.2) is 12.6 Å². The number of hydrogen-bond donors (Lipinski definition) is 1. The van der Waals surface area contributed by atoms with Gasteiger partial charge in [0.25, 0.3) is 0 Å². The second-order valence-corrected chi connectivity index (χ2v) is 10.6. The van der Waals surface area contributed by atoms with Gasteiger partial charge in [0.2, 0.25) is 0 Å². The monoisotopic (exact) mass is 465 g/mol. The molecule has 2 aliphatic rings. The molecule has 0 amide bonds. The van der Waals surface area contributed by atoms with E-state index in [1.165, 1.54) is 12.8 Å². The molecule has 0 spiro atoms. The van der Waals surface area contributed by atoms with Crippen LogP contribution in [0.15, 0.2) is 36.5 Å². The van der Waals surface area contributed by atoms with Crippen LogP contribution >= 0.6 is 11.3 Å². The first-order valence-corrected chi connectivity index (χ1v) is 12.4. The first kappa shape index (κ1) is 22.3. The quantitative estimate of drug-likeness (QED) is 0.466. The molecule has 174 valence electrons. The fourth-order valence-corrected chi connectivity index (χ4v) is 5.05. The zero-order valence-corrected chi connectivity index (χ0v) is 20.3. The molecule has 3 aromatic rings. The van der Waals surface area contributed by atoms with Gasteiger partial charge < -0.3 is 19.7 Å². The van der Waals surface area contributed by atoms with Crippen LogP contribution in [0.5, 0.6) is 5.75 Å². The molecule has 5 rings (SSSR count). The van der Waals surface area contributed by atoms with Crippen molar-refractivity contribution in [3.63, 3.8) is 0 Å². The molecular weight excluding hydrogens is 434 g/mol. The van der Waals surface area contributed by atoms with Crippen LogP contribution in [-0.4, -0.2) is 54.3 Å². The van der Waals surface area contributed by atoms with Gasteiger partial charge in [0, 0.05) is 37.5 Å². The van der Waals surface area contributed by atoms with E-state index in [-0.39, 0.29) is 12.3 Å². The molecular formula is C25H31N5O2S. The lowest BCUT2D eigenvalue weighted by Gasteiger charge is -2.26. The van der Waals surface area contributed by atoms with E-state index in [4.69, 9.17) is 9.47 Å². The Balaban J connectivity index is 1.33. The van der Waals surface area contributed by atoms with Crippen LogP contribution < -0.4 is 15.0 Å². The number of methoxy groups -OCH3 is 1. The lowest BCUT2D eigenvalue weighted by molar-refractivity contribution is 0.0515. The third-order valence-electron chi connectivity index (χ3n) is 6.46. The third-order valence-corrected chi connectivity index (χ3v) is 7.42. The molecule has 0 bridgehead atoms. The van der Waals surface area contributed by atoms with E-state index in [1.54, 1.807) is 18.4 Å². The first-order valence-electron chi connectivity index (χ1n) is 11.6. The smallest absolute Gasteiger partial charge is 0.188 e. The van der Waals surface area contributed by atoms with E-state index in [9.17, 15) is 0 Å². The highest BCUT2D eigenvalue weighted by atomic mass is 32.1. The highest BCUT2D eigenvalue weighted by Gasteiger charge is 2.35. The fourth-order valence-electron chi connectivity index (χ4n) is 4.28. The van der Waals surface area contributed by atoms with Crippen molar-refractivity contribution in [1.82, 2.24) is 20.5 Å². The summed E-state index contributed by atoms with van der Waals surface area (Å²) in [6.45, 7) is 7.59. The first-order chi connectivity index (χ1) is 16.0. The van der Waals surface area contributed by atoms with Gasteiger partial charge in [0.05, 0.1) is 15.6 Å². The Kier molecular flexibility index (Phi) is 6.32. The number of aromatic nitrogens is 3. The van der Waals surface area contributed by atoms with E-state index in [0.717, 1.165) is 70.2 Å². The van der Waals surface area contributed by atoms with Gasteiger partial charge in [0.1, 0.15) is 5.75 Å². The maximum atomic E-state index is 5.89. The Morgan fingerprint density at radius 2 is 2.09 bits per heavy atom. The average Bonchev–Trinajstić information content (AvgIpc) is 3.44. The topological polar surface area (TPSA) is 72.4 Å². The Morgan fingerprint density at radius 1 is 1.21 bits per heavy atom. The Labute approximate surface area is 199 Å². The van der Waals surface area contributed by atoms with Crippen molar-refractivity contribution in [2.75, 3.05) is 38.4 Å². The molecule has 7 nitrogen and oxygen atoms in total. The van der Waals surface area contributed by atoms with Crippen molar-refractivity contribution >= 4 is 17.2 Å². The van der Waals surface area contributed by atoms with Crippen LogP contribution in [0.2, 0.25) is 0 Å². The zero-order chi connectivity index (χ0) is 22.8. The van der Waals surface area contributed by atoms with Crippen LogP contribution in [0.25, 0.3) is 21.7 Å². The molecule has 8 heteroatoms. The maximum Gasteiger partial charge on any atom is 0.188 e. The molecule has 33 heavy (non-hydrogen) atoms. The summed E-state index contributed by atoms with van der Waals surface area (Å²) in [5, 5.41) is 13.9. The molecule has 2 fully saturated rings. The molecule has 1 aromatic carbocycles. The highest BCUT2D eigenvalue weighted by molar-refractivity contribution is 7.15. The number of nitrogens with zero attached hydrogens (tertiary/aromatic N) is 4. The van der Waals surface area contributed by atoms with Gasteiger partial charge in [-0.05, 0) is 75.4 Å². The SMILES string of the molecule is COCOc1cc(-c2cnc(C)s2)ccc1-c1ccc(N2CCC(C)(NCC3CC3)C2)nn1. The minimum absolute atomic E-state index is 0.148. The minimum Gasteiger partial charge on any atom is -0.467 e. The van der Waals surface area contributed by atoms with Gasteiger partial charge in [-0.3, -0.25) is 0 Å². The van der Waals surface area contributed by atoms with E-state index in [0.29, 0.717) is 0 Å². The number of thiazole rings is 1. The van der Waals surface area contributed by atoms with Crippen LogP contribution in [-0.2, 0) is 4.74 Å². The zero-order valence-electron chi connectivity index (χ0n) is 19.5. The predicted molar refractivity (Wildman–Crippen MR) is 132 cm³/mol. The number of rotatable bonds is 9. The van der Waals surface area contributed by atoms with Gasteiger partial charge >= 0.3 is 0 Å². The second kappa shape index (κ2) is 9.37. The minimum atomic E-state index is 0.148. The maximum absolute atomic E-state index is 5.89. The Morgan fingerprint density at radius 3 is 2.79 bits per heavy atom. The summed E-state index contributed by atoms with van der Waals surface area (Å²) in [6, 6.07) is 10.2. The summed E-state index contributed by atoms with van der Waals surface area (Å²) in [6.07, 6.45) is 5.77. The van der Waals surface area contributed by atoms with Crippen LogP contribution in [0.1, 0.15) is 31.2 Å². The van der Waals surface area contributed by atoms with E-state index < -0.39 is 0 Å². The summed E-state index contributed by atoms with van der Waals surface area (Å²) in [7, 11) is 1.62. The van der Waals surface area contributed by atoms with Gasteiger partial charge in [-0.1, -0.05) is 6.07 Å². The fraction of sp³-hybridized carbons (Fsp3) is 0.480. The standard InChI is InChI=1S/C25H31N5O2S/c1-17-26-14-23(33-17)19-6-7-20(22(12-19)32-16-31-3)21-8-9-24(29-28-21)30-11-10-25(2,15-30)27-13-18-4-5-18/h6-9,12,14,18,27H,4-5,10-11,13,15-16H2,1-3H3. The highest BCUT2D eigenvalue weighted by Crippen LogP contribution is 2.36. The predicted octanol–water partition coefficient (Wildman–Crippen LogP) is 4.53. The van der Waals surface area contributed by atoms with E-state index >= 15 is 0 Å². The Bertz CT molecular complexity index is 1100. The second-order valence-electron chi connectivity index (χ2n) is 9.34. The molecule has 1 aliphatic carbocycles. The van der Waals surface area contributed by atoms with Crippen LogP contribution in [0.3, 0.4) is 0 Å². The third kappa shape index (κ3) is 5.18. The summed E-state index contributed by atoms with van der Waals surface area (Å²) in [4.78, 5) is 7.80. The number of benzene rings is 1.